The Morgan fingerprint density at radius 3 is 2.89 bits per heavy atom. The number of nitrogens with zero attached hydrogens (tertiary/aromatic N) is 2. The Labute approximate surface area is 108 Å². The second-order valence-corrected chi connectivity index (χ2v) is 4.70. The van der Waals surface area contributed by atoms with Gasteiger partial charge in [0.05, 0.1) is 0 Å². The SMILES string of the molecule is CNCC1C(=O)NCC(C)N1Cc1ccncc1. The highest BCUT2D eigenvalue weighted by atomic mass is 16.2. The van der Waals surface area contributed by atoms with Crippen LogP contribution in [0.1, 0.15) is 12.5 Å². The Kier molecular flexibility index (Phi) is 4.28. The number of nitrogens with one attached hydrogen (secondary N) is 2. The Balaban J connectivity index is 2.13. The molecule has 1 amide bonds. The van der Waals surface area contributed by atoms with E-state index in [9.17, 15) is 4.79 Å². The van der Waals surface area contributed by atoms with Crippen molar-refractivity contribution in [3.63, 3.8) is 0 Å². The summed E-state index contributed by atoms with van der Waals surface area (Å²) in [6, 6.07) is 4.23. The lowest BCUT2D eigenvalue weighted by Crippen LogP contribution is -2.61. The van der Waals surface area contributed by atoms with E-state index in [1.165, 1.54) is 5.56 Å². The lowest BCUT2D eigenvalue weighted by atomic mass is 10.1. The topological polar surface area (TPSA) is 57.3 Å². The third-order valence-corrected chi connectivity index (χ3v) is 3.35. The van der Waals surface area contributed by atoms with Gasteiger partial charge in [-0.3, -0.25) is 14.7 Å². The highest BCUT2D eigenvalue weighted by Gasteiger charge is 2.33. The molecule has 98 valence electrons. The van der Waals surface area contributed by atoms with E-state index >= 15 is 0 Å². The average molecular weight is 248 g/mol. The number of hydrogen-bond acceptors (Lipinski definition) is 4. The predicted molar refractivity (Wildman–Crippen MR) is 70.0 cm³/mol. The molecule has 1 fully saturated rings. The number of amides is 1. The van der Waals surface area contributed by atoms with Gasteiger partial charge in [0.2, 0.25) is 5.91 Å². The molecule has 0 bridgehead atoms. The van der Waals surface area contributed by atoms with Crippen LogP contribution in [-0.2, 0) is 11.3 Å². The maximum Gasteiger partial charge on any atom is 0.238 e. The molecule has 1 aliphatic heterocycles. The van der Waals surface area contributed by atoms with Crippen LogP contribution in [-0.4, -0.2) is 48.0 Å². The molecule has 0 aliphatic carbocycles. The standard InChI is InChI=1S/C13H20N4O/c1-10-7-16-13(18)12(8-14-2)17(10)9-11-3-5-15-6-4-11/h3-6,10,12,14H,7-9H2,1-2H3,(H,16,18). The molecule has 2 atom stereocenters. The van der Waals surface area contributed by atoms with Crippen LogP contribution in [0.3, 0.4) is 0 Å². The first-order chi connectivity index (χ1) is 8.72. The van der Waals surface area contributed by atoms with Crippen molar-refractivity contribution in [1.82, 2.24) is 20.5 Å². The largest absolute Gasteiger partial charge is 0.353 e. The van der Waals surface area contributed by atoms with Gasteiger partial charge >= 0.3 is 0 Å². The molecule has 1 saturated heterocycles. The average Bonchev–Trinajstić information content (AvgIpc) is 2.39. The Bertz CT molecular complexity index is 395. The summed E-state index contributed by atoms with van der Waals surface area (Å²) in [6.45, 7) is 4.30. The lowest BCUT2D eigenvalue weighted by Gasteiger charge is -2.40. The number of pyridine rings is 1. The zero-order chi connectivity index (χ0) is 13.0. The van der Waals surface area contributed by atoms with Crippen molar-refractivity contribution in [2.24, 2.45) is 0 Å². The first-order valence-electron chi connectivity index (χ1n) is 6.29. The molecule has 0 saturated carbocycles. The normalized spacial score (nSPS) is 24.9. The first kappa shape index (κ1) is 13.0. The van der Waals surface area contributed by atoms with Gasteiger partial charge in [0, 0.05) is 38.1 Å². The minimum Gasteiger partial charge on any atom is -0.353 e. The fourth-order valence-electron chi connectivity index (χ4n) is 2.31. The fourth-order valence-corrected chi connectivity index (χ4v) is 2.31. The van der Waals surface area contributed by atoms with Gasteiger partial charge in [-0.05, 0) is 31.7 Å². The van der Waals surface area contributed by atoms with Crippen LogP contribution in [0.2, 0.25) is 0 Å². The fraction of sp³-hybridized carbons (Fsp3) is 0.538. The van der Waals surface area contributed by atoms with E-state index in [1.54, 1.807) is 12.4 Å². The van der Waals surface area contributed by atoms with Crippen molar-refractivity contribution in [2.75, 3.05) is 20.1 Å². The van der Waals surface area contributed by atoms with E-state index in [0.29, 0.717) is 19.1 Å². The summed E-state index contributed by atoms with van der Waals surface area (Å²) in [4.78, 5) is 18.2. The second kappa shape index (κ2) is 5.93. The molecule has 2 N–H and O–H groups in total. The molecule has 1 aromatic heterocycles. The van der Waals surface area contributed by atoms with Crippen molar-refractivity contribution in [1.29, 1.82) is 0 Å². The van der Waals surface area contributed by atoms with E-state index in [-0.39, 0.29) is 11.9 Å². The van der Waals surface area contributed by atoms with Crippen LogP contribution >= 0.6 is 0 Å². The molecular weight excluding hydrogens is 228 g/mol. The summed E-state index contributed by atoms with van der Waals surface area (Å²) >= 11 is 0. The van der Waals surface area contributed by atoms with Gasteiger partial charge < -0.3 is 10.6 Å². The van der Waals surface area contributed by atoms with E-state index in [4.69, 9.17) is 0 Å². The maximum absolute atomic E-state index is 11.9. The van der Waals surface area contributed by atoms with Crippen LogP contribution < -0.4 is 10.6 Å². The minimum absolute atomic E-state index is 0.105. The van der Waals surface area contributed by atoms with Crippen molar-refractivity contribution >= 4 is 5.91 Å². The van der Waals surface area contributed by atoms with Crippen LogP contribution in [0.4, 0.5) is 0 Å². The van der Waals surface area contributed by atoms with Crippen molar-refractivity contribution in [2.45, 2.75) is 25.6 Å². The van der Waals surface area contributed by atoms with Gasteiger partial charge in [-0.25, -0.2) is 0 Å². The molecule has 2 unspecified atom stereocenters. The Morgan fingerprint density at radius 1 is 1.50 bits per heavy atom. The number of aromatic nitrogens is 1. The van der Waals surface area contributed by atoms with E-state index in [1.807, 2.05) is 19.2 Å². The number of carbonyl (C=O) groups excluding carboxylic acids is 1. The molecule has 2 heterocycles. The molecule has 2 rings (SSSR count). The highest BCUT2D eigenvalue weighted by molar-refractivity contribution is 5.82. The zero-order valence-corrected chi connectivity index (χ0v) is 10.9. The minimum atomic E-state index is -0.105. The number of carbonyl (C=O) groups is 1. The van der Waals surface area contributed by atoms with E-state index in [2.05, 4.69) is 27.4 Å². The molecule has 18 heavy (non-hydrogen) atoms. The number of rotatable bonds is 4. The summed E-state index contributed by atoms with van der Waals surface area (Å²) in [7, 11) is 1.87. The van der Waals surface area contributed by atoms with Crippen molar-refractivity contribution < 1.29 is 4.79 Å². The summed E-state index contributed by atoms with van der Waals surface area (Å²) in [5.41, 5.74) is 1.19. The zero-order valence-electron chi connectivity index (χ0n) is 10.9. The van der Waals surface area contributed by atoms with Gasteiger partial charge in [0.15, 0.2) is 0 Å². The maximum atomic E-state index is 11.9. The number of piperazine rings is 1. The Morgan fingerprint density at radius 2 is 2.22 bits per heavy atom. The van der Waals surface area contributed by atoms with Gasteiger partial charge in [0.1, 0.15) is 6.04 Å². The summed E-state index contributed by atoms with van der Waals surface area (Å²) in [6.07, 6.45) is 3.58. The lowest BCUT2D eigenvalue weighted by molar-refractivity contribution is -0.131. The summed E-state index contributed by atoms with van der Waals surface area (Å²) in [5.74, 6) is 0.108. The van der Waals surface area contributed by atoms with E-state index < -0.39 is 0 Å². The molecule has 0 radical (unpaired) electrons. The van der Waals surface area contributed by atoms with Crippen LogP contribution in [0.15, 0.2) is 24.5 Å². The van der Waals surface area contributed by atoms with Gasteiger partial charge in [-0.1, -0.05) is 0 Å². The van der Waals surface area contributed by atoms with Crippen molar-refractivity contribution in [3.8, 4) is 0 Å². The molecular formula is C13H20N4O. The summed E-state index contributed by atoms with van der Waals surface area (Å²) < 4.78 is 0. The molecule has 1 aliphatic rings. The number of likely N-dealkylation sites (N-methyl/N-ethyl adjacent to an activating group) is 1. The van der Waals surface area contributed by atoms with Gasteiger partial charge in [0.25, 0.3) is 0 Å². The van der Waals surface area contributed by atoms with Crippen LogP contribution in [0, 0.1) is 0 Å². The van der Waals surface area contributed by atoms with Gasteiger partial charge in [-0.15, -0.1) is 0 Å². The van der Waals surface area contributed by atoms with Crippen molar-refractivity contribution in [3.05, 3.63) is 30.1 Å². The third kappa shape index (κ3) is 2.86. The monoisotopic (exact) mass is 248 g/mol. The second-order valence-electron chi connectivity index (χ2n) is 4.70. The first-order valence-corrected chi connectivity index (χ1v) is 6.29. The van der Waals surface area contributed by atoms with Crippen LogP contribution in [0.25, 0.3) is 0 Å². The van der Waals surface area contributed by atoms with Crippen LogP contribution in [0.5, 0.6) is 0 Å². The highest BCUT2D eigenvalue weighted by Crippen LogP contribution is 2.15. The molecule has 5 heteroatoms. The predicted octanol–water partition coefficient (Wildman–Crippen LogP) is -0.0101. The summed E-state index contributed by atoms with van der Waals surface area (Å²) in [5, 5.41) is 6.04. The molecule has 0 aromatic carbocycles. The van der Waals surface area contributed by atoms with Gasteiger partial charge in [-0.2, -0.15) is 0 Å². The smallest absolute Gasteiger partial charge is 0.238 e. The number of hydrogen-bond donors (Lipinski definition) is 2. The Hall–Kier alpha value is -1.46. The quantitative estimate of drug-likeness (QED) is 0.787. The van der Waals surface area contributed by atoms with E-state index in [0.717, 1.165) is 6.54 Å². The molecule has 1 aromatic rings. The third-order valence-electron chi connectivity index (χ3n) is 3.35. The molecule has 5 nitrogen and oxygen atoms in total. The molecule has 0 spiro atoms.